The largest absolute Gasteiger partial charge is 0.374 e. The van der Waals surface area contributed by atoms with E-state index >= 15 is 0 Å². The third kappa shape index (κ3) is 4.23. The van der Waals surface area contributed by atoms with Gasteiger partial charge in [-0.1, -0.05) is 6.92 Å². The first-order valence-corrected chi connectivity index (χ1v) is 8.27. The lowest BCUT2D eigenvalue weighted by Gasteiger charge is -2.33. The van der Waals surface area contributed by atoms with E-state index in [2.05, 4.69) is 12.2 Å². The average molecular weight is 263 g/mol. The summed E-state index contributed by atoms with van der Waals surface area (Å²) in [6, 6.07) is 0.247. The van der Waals surface area contributed by atoms with E-state index in [9.17, 15) is 8.42 Å². The molecule has 1 rings (SSSR count). The van der Waals surface area contributed by atoms with Gasteiger partial charge in [0.2, 0.25) is 0 Å². The Morgan fingerprint density at radius 2 is 2.18 bits per heavy atom. The Balaban J connectivity index is 2.43. The number of ether oxygens (including phenoxy) is 1. The van der Waals surface area contributed by atoms with Crippen LogP contribution in [0.1, 0.15) is 39.5 Å². The van der Waals surface area contributed by atoms with Crippen molar-refractivity contribution in [3.8, 4) is 0 Å². The Kier molecular flexibility index (Phi) is 5.41. The minimum absolute atomic E-state index is 0.120. The number of hydrogen-bond donors (Lipinski definition) is 1. The zero-order valence-electron chi connectivity index (χ0n) is 11.2. The van der Waals surface area contributed by atoms with E-state index in [-0.39, 0.29) is 23.1 Å². The van der Waals surface area contributed by atoms with Gasteiger partial charge >= 0.3 is 0 Å². The zero-order chi connectivity index (χ0) is 12.9. The van der Waals surface area contributed by atoms with Gasteiger partial charge < -0.3 is 10.1 Å². The van der Waals surface area contributed by atoms with Gasteiger partial charge in [-0.25, -0.2) is 8.42 Å². The van der Waals surface area contributed by atoms with Crippen molar-refractivity contribution in [1.29, 1.82) is 0 Å². The predicted molar refractivity (Wildman–Crippen MR) is 70.0 cm³/mol. The van der Waals surface area contributed by atoms with Crippen LogP contribution in [-0.2, 0) is 14.6 Å². The van der Waals surface area contributed by atoms with Gasteiger partial charge in [0, 0.05) is 18.4 Å². The molecule has 2 atom stereocenters. The van der Waals surface area contributed by atoms with Gasteiger partial charge in [-0.3, -0.25) is 0 Å². The molecular weight excluding hydrogens is 238 g/mol. The third-order valence-electron chi connectivity index (χ3n) is 3.72. The minimum atomic E-state index is -2.84. The van der Waals surface area contributed by atoms with E-state index in [4.69, 9.17) is 4.74 Å². The highest BCUT2D eigenvalue weighted by Crippen LogP contribution is 2.30. The molecule has 0 aromatic rings. The Morgan fingerprint density at radius 1 is 1.47 bits per heavy atom. The molecule has 102 valence electrons. The molecule has 2 unspecified atom stereocenters. The maximum absolute atomic E-state index is 11.4. The van der Waals surface area contributed by atoms with Crippen LogP contribution in [0.4, 0.5) is 0 Å². The second-order valence-corrected chi connectivity index (χ2v) is 7.46. The maximum atomic E-state index is 11.4. The van der Waals surface area contributed by atoms with Crippen LogP contribution in [0.25, 0.3) is 0 Å². The van der Waals surface area contributed by atoms with Gasteiger partial charge in [0.05, 0.1) is 11.4 Å². The molecule has 0 spiro atoms. The van der Waals surface area contributed by atoms with Crippen molar-refractivity contribution in [2.24, 2.45) is 0 Å². The van der Waals surface area contributed by atoms with Crippen LogP contribution in [-0.4, -0.2) is 45.2 Å². The summed E-state index contributed by atoms with van der Waals surface area (Å²) in [5.74, 6) is 0.531. The summed E-state index contributed by atoms with van der Waals surface area (Å²) >= 11 is 0. The molecule has 1 saturated heterocycles. The highest BCUT2D eigenvalue weighted by molar-refractivity contribution is 7.91. The van der Waals surface area contributed by atoms with Crippen LogP contribution < -0.4 is 5.32 Å². The van der Waals surface area contributed by atoms with E-state index in [1.165, 1.54) is 0 Å². The molecule has 1 fully saturated rings. The molecule has 5 heteroatoms. The van der Waals surface area contributed by atoms with Crippen LogP contribution in [0.2, 0.25) is 0 Å². The van der Waals surface area contributed by atoms with E-state index in [1.54, 1.807) is 6.92 Å². The molecule has 1 heterocycles. The lowest BCUT2D eigenvalue weighted by atomic mass is 9.90. The van der Waals surface area contributed by atoms with Crippen molar-refractivity contribution in [2.75, 3.05) is 25.2 Å². The molecule has 17 heavy (non-hydrogen) atoms. The normalized spacial score (nSPS) is 27.2. The summed E-state index contributed by atoms with van der Waals surface area (Å²) < 4.78 is 28.6. The van der Waals surface area contributed by atoms with Crippen molar-refractivity contribution in [3.63, 3.8) is 0 Å². The number of hydrogen-bond acceptors (Lipinski definition) is 4. The highest BCUT2D eigenvalue weighted by Gasteiger charge is 2.37. The third-order valence-corrected chi connectivity index (χ3v) is 5.51. The number of sulfone groups is 1. The van der Waals surface area contributed by atoms with Crippen LogP contribution in [0.15, 0.2) is 0 Å². The highest BCUT2D eigenvalue weighted by atomic mass is 32.2. The van der Waals surface area contributed by atoms with E-state index < -0.39 is 9.84 Å². The molecule has 0 saturated carbocycles. The second-order valence-electron chi connectivity index (χ2n) is 4.98. The molecule has 0 radical (unpaired) electrons. The monoisotopic (exact) mass is 263 g/mol. The molecule has 1 aliphatic heterocycles. The van der Waals surface area contributed by atoms with Crippen LogP contribution >= 0.6 is 0 Å². The molecule has 0 amide bonds. The average Bonchev–Trinajstić information content (AvgIpc) is 2.72. The van der Waals surface area contributed by atoms with Gasteiger partial charge in [-0.05, 0) is 39.7 Å². The lowest BCUT2D eigenvalue weighted by molar-refractivity contribution is -0.0119. The number of rotatable bonds is 7. The fourth-order valence-corrected chi connectivity index (χ4v) is 3.38. The van der Waals surface area contributed by atoms with Crippen LogP contribution in [0.3, 0.4) is 0 Å². The summed E-state index contributed by atoms with van der Waals surface area (Å²) in [4.78, 5) is 0. The molecule has 1 aliphatic rings. The lowest BCUT2D eigenvalue weighted by Crippen LogP contribution is -2.47. The first-order valence-electron chi connectivity index (χ1n) is 6.45. The summed E-state index contributed by atoms with van der Waals surface area (Å²) in [5.41, 5.74) is -0.120. The Morgan fingerprint density at radius 3 is 2.65 bits per heavy atom. The van der Waals surface area contributed by atoms with Gasteiger partial charge in [0.15, 0.2) is 0 Å². The Bertz CT molecular complexity index is 321. The van der Waals surface area contributed by atoms with Crippen molar-refractivity contribution in [2.45, 2.75) is 51.2 Å². The van der Waals surface area contributed by atoms with Crippen LogP contribution in [0, 0.1) is 0 Å². The molecule has 0 aromatic heterocycles. The molecule has 0 aromatic carbocycles. The molecule has 1 N–H and O–H groups in total. The maximum Gasteiger partial charge on any atom is 0.150 e. The summed E-state index contributed by atoms with van der Waals surface area (Å²) in [6.45, 7) is 4.64. The van der Waals surface area contributed by atoms with Gasteiger partial charge in [-0.15, -0.1) is 0 Å². The Labute approximate surface area is 105 Å². The predicted octanol–water partition coefficient (Wildman–Crippen LogP) is 1.36. The van der Waals surface area contributed by atoms with Crippen molar-refractivity contribution >= 4 is 9.84 Å². The fourth-order valence-electron chi connectivity index (χ4n) is 2.48. The first-order chi connectivity index (χ1) is 7.93. The second kappa shape index (κ2) is 6.16. The van der Waals surface area contributed by atoms with Crippen molar-refractivity contribution in [1.82, 2.24) is 5.32 Å². The smallest absolute Gasteiger partial charge is 0.150 e. The molecule has 0 bridgehead atoms. The summed E-state index contributed by atoms with van der Waals surface area (Å²) in [5, 5.41) is 3.27. The molecule has 0 aliphatic carbocycles. The summed E-state index contributed by atoms with van der Waals surface area (Å²) in [7, 11) is -0.913. The number of likely N-dealkylation sites (N-methyl/N-ethyl adjacent to an activating group) is 1. The van der Waals surface area contributed by atoms with Gasteiger partial charge in [0.25, 0.3) is 0 Å². The summed E-state index contributed by atoms with van der Waals surface area (Å²) in [6.07, 6.45) is 3.72. The van der Waals surface area contributed by atoms with Crippen molar-refractivity contribution < 1.29 is 13.2 Å². The first kappa shape index (κ1) is 14.9. The SMILES string of the molecule is CCS(=O)(=O)CCCC(NC)C1(C)CCCO1. The van der Waals surface area contributed by atoms with Crippen molar-refractivity contribution in [3.05, 3.63) is 0 Å². The Hall–Kier alpha value is -0.130. The molecular formula is C12H25NO3S. The van der Waals surface area contributed by atoms with Gasteiger partial charge in [-0.2, -0.15) is 0 Å². The van der Waals surface area contributed by atoms with E-state index in [0.29, 0.717) is 6.42 Å². The minimum Gasteiger partial charge on any atom is -0.374 e. The molecule has 4 nitrogen and oxygen atoms in total. The van der Waals surface area contributed by atoms with Gasteiger partial charge in [0.1, 0.15) is 9.84 Å². The number of nitrogens with one attached hydrogen (secondary N) is 1. The zero-order valence-corrected chi connectivity index (χ0v) is 12.0. The van der Waals surface area contributed by atoms with E-state index in [1.807, 2.05) is 7.05 Å². The topological polar surface area (TPSA) is 55.4 Å². The fraction of sp³-hybridized carbons (Fsp3) is 1.00. The standard InChI is InChI=1S/C12H25NO3S/c1-4-17(14,15)10-5-7-11(13-3)12(2)8-6-9-16-12/h11,13H,4-10H2,1-3H3. The quantitative estimate of drug-likeness (QED) is 0.753. The van der Waals surface area contributed by atoms with E-state index in [0.717, 1.165) is 25.9 Å². The van der Waals surface area contributed by atoms with Crippen LogP contribution in [0.5, 0.6) is 0 Å².